The van der Waals surface area contributed by atoms with Gasteiger partial charge in [0.25, 0.3) is 5.91 Å². The van der Waals surface area contributed by atoms with Crippen molar-refractivity contribution >= 4 is 5.91 Å². The first kappa shape index (κ1) is 21.8. The van der Waals surface area contributed by atoms with Gasteiger partial charge in [-0.25, -0.2) is 0 Å². The lowest BCUT2D eigenvalue weighted by Crippen LogP contribution is -2.23. The van der Waals surface area contributed by atoms with E-state index >= 15 is 0 Å². The second-order valence-electron chi connectivity index (χ2n) is 7.97. The van der Waals surface area contributed by atoms with Gasteiger partial charge in [0.15, 0.2) is 11.5 Å². The first-order valence-corrected chi connectivity index (χ1v) is 11.0. The molecule has 1 amide bonds. The molecule has 0 aromatic heterocycles. The number of methoxy groups -OCH3 is 2. The molecule has 0 saturated carbocycles. The van der Waals surface area contributed by atoms with Crippen LogP contribution in [0.2, 0.25) is 0 Å². The molecule has 5 nitrogen and oxygen atoms in total. The maximum atomic E-state index is 12.4. The minimum absolute atomic E-state index is 0.0419. The molecule has 0 saturated heterocycles. The molecule has 1 aliphatic rings. The van der Waals surface area contributed by atoms with Crippen LogP contribution >= 0.6 is 0 Å². The fourth-order valence-corrected chi connectivity index (χ4v) is 4.12. The minimum atomic E-state index is -0.0477. The van der Waals surface area contributed by atoms with E-state index in [0.717, 1.165) is 53.2 Å². The zero-order valence-electron chi connectivity index (χ0n) is 18.8. The highest BCUT2D eigenvalue weighted by atomic mass is 16.5. The second-order valence-corrected chi connectivity index (χ2v) is 7.97. The third kappa shape index (κ3) is 4.57. The van der Waals surface area contributed by atoms with E-state index in [2.05, 4.69) is 23.5 Å². The average Bonchev–Trinajstić information content (AvgIpc) is 3.24. The molecule has 0 bridgehead atoms. The predicted octanol–water partition coefficient (Wildman–Crippen LogP) is 5.06. The normalized spacial score (nSPS) is 14.4. The molecule has 166 valence electrons. The van der Waals surface area contributed by atoms with Crippen molar-refractivity contribution in [1.82, 2.24) is 5.32 Å². The van der Waals surface area contributed by atoms with E-state index in [0.29, 0.717) is 12.1 Å². The monoisotopic (exact) mass is 431 g/mol. The van der Waals surface area contributed by atoms with Crippen LogP contribution in [0.4, 0.5) is 0 Å². The van der Waals surface area contributed by atoms with Crippen LogP contribution < -0.4 is 19.5 Å². The Labute approximate surface area is 189 Å². The number of nitrogens with one attached hydrogen (secondary N) is 1. The highest BCUT2D eigenvalue weighted by Crippen LogP contribution is 2.40. The van der Waals surface area contributed by atoms with Gasteiger partial charge in [0, 0.05) is 30.5 Å². The van der Waals surface area contributed by atoms with Crippen molar-refractivity contribution in [3.05, 3.63) is 77.4 Å². The van der Waals surface area contributed by atoms with Gasteiger partial charge in [0.2, 0.25) is 0 Å². The van der Waals surface area contributed by atoms with Crippen molar-refractivity contribution in [3.63, 3.8) is 0 Å². The summed E-state index contributed by atoms with van der Waals surface area (Å²) in [5, 5.41) is 2.94. The van der Waals surface area contributed by atoms with Crippen LogP contribution in [0.5, 0.6) is 17.2 Å². The zero-order valence-corrected chi connectivity index (χ0v) is 18.8. The molecule has 4 rings (SSSR count). The molecular formula is C27H29NO4. The van der Waals surface area contributed by atoms with Crippen LogP contribution in [0.15, 0.2) is 60.7 Å². The fourth-order valence-electron chi connectivity index (χ4n) is 4.12. The van der Waals surface area contributed by atoms with Crippen molar-refractivity contribution in [2.45, 2.75) is 32.3 Å². The summed E-state index contributed by atoms with van der Waals surface area (Å²) < 4.78 is 17.2. The van der Waals surface area contributed by atoms with E-state index in [9.17, 15) is 4.79 Å². The third-order valence-electron chi connectivity index (χ3n) is 5.71. The molecular weight excluding hydrogens is 402 g/mol. The number of para-hydroxylation sites is 1. The van der Waals surface area contributed by atoms with Crippen LogP contribution in [-0.2, 0) is 12.8 Å². The van der Waals surface area contributed by atoms with Crippen molar-refractivity contribution in [2.75, 3.05) is 20.8 Å². The van der Waals surface area contributed by atoms with Crippen LogP contribution in [0.3, 0.4) is 0 Å². The highest BCUT2D eigenvalue weighted by molar-refractivity contribution is 5.95. The smallest absolute Gasteiger partial charge is 0.251 e. The number of ether oxygens (including phenoxy) is 3. The Balaban J connectivity index is 1.54. The van der Waals surface area contributed by atoms with Crippen LogP contribution in [0, 0.1) is 0 Å². The van der Waals surface area contributed by atoms with Gasteiger partial charge in [-0.3, -0.25) is 4.79 Å². The van der Waals surface area contributed by atoms with E-state index in [4.69, 9.17) is 14.2 Å². The highest BCUT2D eigenvalue weighted by Gasteiger charge is 2.26. The van der Waals surface area contributed by atoms with Gasteiger partial charge in [0.05, 0.1) is 14.2 Å². The summed E-state index contributed by atoms with van der Waals surface area (Å²) in [7, 11) is 3.28. The number of fused-ring (bicyclic) bond motifs is 1. The first-order valence-electron chi connectivity index (χ1n) is 11.0. The number of carbonyl (C=O) groups excluding carboxylic acids is 1. The zero-order chi connectivity index (χ0) is 22.5. The van der Waals surface area contributed by atoms with Gasteiger partial charge >= 0.3 is 0 Å². The summed E-state index contributed by atoms with van der Waals surface area (Å²) in [6.45, 7) is 2.71. The minimum Gasteiger partial charge on any atom is -0.493 e. The summed E-state index contributed by atoms with van der Waals surface area (Å²) in [4.78, 5) is 12.4. The van der Waals surface area contributed by atoms with E-state index in [1.165, 1.54) is 5.56 Å². The molecule has 1 heterocycles. The number of amides is 1. The molecule has 5 heteroatoms. The first-order chi connectivity index (χ1) is 15.6. The SMILES string of the molecule is CCCNC(=O)c1cccc(-c2cccc3c2OC(Cc2ccc(OC)c(OC)c2)C3)c1. The Kier molecular flexibility index (Phi) is 6.64. The summed E-state index contributed by atoms with van der Waals surface area (Å²) >= 11 is 0. The van der Waals surface area contributed by atoms with Gasteiger partial charge in [-0.15, -0.1) is 0 Å². The molecule has 1 atom stereocenters. The Morgan fingerprint density at radius 2 is 1.84 bits per heavy atom. The summed E-state index contributed by atoms with van der Waals surface area (Å²) in [5.41, 5.74) is 4.99. The summed E-state index contributed by atoms with van der Waals surface area (Å²) in [6, 6.07) is 19.9. The number of hydrogen-bond donors (Lipinski definition) is 1. The van der Waals surface area contributed by atoms with Gasteiger partial charge < -0.3 is 19.5 Å². The quantitative estimate of drug-likeness (QED) is 0.542. The Hall–Kier alpha value is -3.47. The van der Waals surface area contributed by atoms with E-state index in [1.807, 2.05) is 49.4 Å². The van der Waals surface area contributed by atoms with Crippen LogP contribution in [0.1, 0.15) is 34.8 Å². The molecule has 0 radical (unpaired) electrons. The Morgan fingerprint density at radius 3 is 2.62 bits per heavy atom. The molecule has 1 unspecified atom stereocenters. The standard InChI is InChI=1S/C27H29NO4/c1-4-13-28-27(29)21-9-5-7-19(16-21)23-10-6-8-20-17-22(32-26(20)23)14-18-11-12-24(30-2)25(15-18)31-3/h5-12,15-16,22H,4,13-14,17H2,1-3H3,(H,28,29). The van der Waals surface area contributed by atoms with Gasteiger partial charge in [-0.1, -0.05) is 43.3 Å². The average molecular weight is 432 g/mol. The molecule has 3 aromatic carbocycles. The molecule has 1 N–H and O–H groups in total. The van der Waals surface area contributed by atoms with Crippen LogP contribution in [0.25, 0.3) is 11.1 Å². The van der Waals surface area contributed by atoms with Crippen LogP contribution in [-0.4, -0.2) is 32.8 Å². The van der Waals surface area contributed by atoms with Gasteiger partial charge in [-0.2, -0.15) is 0 Å². The van der Waals surface area contributed by atoms with Crippen molar-refractivity contribution < 1.29 is 19.0 Å². The Morgan fingerprint density at radius 1 is 1.03 bits per heavy atom. The maximum Gasteiger partial charge on any atom is 0.251 e. The molecule has 1 aliphatic heterocycles. The number of benzene rings is 3. The lowest BCUT2D eigenvalue weighted by atomic mass is 9.98. The number of carbonyl (C=O) groups is 1. The number of hydrogen-bond acceptors (Lipinski definition) is 4. The second kappa shape index (κ2) is 9.77. The van der Waals surface area contributed by atoms with Gasteiger partial charge in [0.1, 0.15) is 11.9 Å². The summed E-state index contributed by atoms with van der Waals surface area (Å²) in [6.07, 6.45) is 2.56. The lowest BCUT2D eigenvalue weighted by molar-refractivity contribution is 0.0953. The Bertz CT molecular complexity index is 1110. The maximum absolute atomic E-state index is 12.4. The fraction of sp³-hybridized carbons (Fsp3) is 0.296. The lowest BCUT2D eigenvalue weighted by Gasteiger charge is -2.15. The van der Waals surface area contributed by atoms with Crippen molar-refractivity contribution in [1.29, 1.82) is 0 Å². The number of rotatable bonds is 8. The van der Waals surface area contributed by atoms with Gasteiger partial charge in [-0.05, 0) is 47.4 Å². The largest absolute Gasteiger partial charge is 0.493 e. The van der Waals surface area contributed by atoms with Crippen molar-refractivity contribution in [3.8, 4) is 28.4 Å². The molecule has 0 spiro atoms. The van der Waals surface area contributed by atoms with E-state index in [1.54, 1.807) is 14.2 Å². The van der Waals surface area contributed by atoms with E-state index in [-0.39, 0.29) is 12.0 Å². The predicted molar refractivity (Wildman–Crippen MR) is 126 cm³/mol. The van der Waals surface area contributed by atoms with E-state index < -0.39 is 0 Å². The molecule has 0 aliphatic carbocycles. The third-order valence-corrected chi connectivity index (χ3v) is 5.71. The topological polar surface area (TPSA) is 56.8 Å². The molecule has 0 fully saturated rings. The van der Waals surface area contributed by atoms with Crippen molar-refractivity contribution in [2.24, 2.45) is 0 Å². The molecule has 32 heavy (non-hydrogen) atoms. The molecule has 3 aromatic rings. The summed E-state index contributed by atoms with van der Waals surface area (Å²) in [5.74, 6) is 2.30.